The summed E-state index contributed by atoms with van der Waals surface area (Å²) >= 11 is 0. The number of hydrogen-bond donors (Lipinski definition) is 1. The minimum Gasteiger partial charge on any atom is -0.341 e. The second-order valence-electron chi connectivity index (χ2n) is 5.30. The minimum absolute atomic E-state index is 0.0729. The van der Waals surface area contributed by atoms with Gasteiger partial charge >= 0.3 is 6.30 Å². The Kier molecular flexibility index (Phi) is 6.38. The Morgan fingerprint density at radius 3 is 2.00 bits per heavy atom. The van der Waals surface area contributed by atoms with Crippen LogP contribution in [0.2, 0.25) is 0 Å². The maximum atomic E-state index is 11.8. The Morgan fingerprint density at radius 2 is 1.50 bits per heavy atom. The van der Waals surface area contributed by atoms with E-state index in [2.05, 4.69) is 20.2 Å². The average molecular weight is 317 g/mol. The molecule has 0 amide bonds. The van der Waals surface area contributed by atoms with Gasteiger partial charge in [-0.2, -0.15) is 13.2 Å². The van der Waals surface area contributed by atoms with Crippen LogP contribution in [-0.2, 0) is 0 Å². The third kappa shape index (κ3) is 5.42. The number of alkyl halides is 3. The number of nitrogens with zero attached hydrogens (tertiary/aromatic N) is 4. The lowest BCUT2D eigenvalue weighted by atomic mass is 10.1. The maximum absolute atomic E-state index is 11.8. The van der Waals surface area contributed by atoms with Crippen LogP contribution in [0, 0.1) is 0 Å². The number of aromatic nitrogens is 2. The molecule has 0 bridgehead atoms. The van der Waals surface area contributed by atoms with Crippen LogP contribution in [0.25, 0.3) is 0 Å². The largest absolute Gasteiger partial charge is 0.460 e. The molecule has 0 radical (unpaired) electrons. The molecule has 1 N–H and O–H groups in total. The van der Waals surface area contributed by atoms with Gasteiger partial charge in [0.05, 0.1) is 0 Å². The highest BCUT2D eigenvalue weighted by atomic mass is 19.4. The minimum atomic E-state index is -4.14. The number of anilines is 1. The summed E-state index contributed by atoms with van der Waals surface area (Å²) in [4.78, 5) is 11.2. The summed E-state index contributed by atoms with van der Waals surface area (Å²) in [7, 11) is 0. The smallest absolute Gasteiger partial charge is 0.341 e. The normalized spacial score (nSPS) is 20.2. The molecule has 1 aromatic heterocycles. The van der Waals surface area contributed by atoms with E-state index in [1.165, 1.54) is 19.3 Å². The molecule has 0 atom stereocenters. The zero-order valence-corrected chi connectivity index (χ0v) is 12.5. The molecule has 2 aliphatic rings. The number of rotatable bonds is 1. The van der Waals surface area contributed by atoms with Gasteiger partial charge < -0.3 is 10.2 Å². The quantitative estimate of drug-likeness (QED) is 0.801. The molecule has 22 heavy (non-hydrogen) atoms. The van der Waals surface area contributed by atoms with Gasteiger partial charge in [-0.3, -0.25) is 0 Å². The van der Waals surface area contributed by atoms with Gasteiger partial charge in [0.25, 0.3) is 0 Å². The van der Waals surface area contributed by atoms with Crippen LogP contribution in [0.5, 0.6) is 0 Å². The molecule has 2 fully saturated rings. The average Bonchev–Trinajstić information content (AvgIpc) is 2.57. The Hall–Kier alpha value is -1.41. The molecule has 0 spiro atoms. The second kappa shape index (κ2) is 8.28. The van der Waals surface area contributed by atoms with Gasteiger partial charge in [-0.15, -0.1) is 0 Å². The maximum Gasteiger partial charge on any atom is 0.460 e. The fourth-order valence-electron chi connectivity index (χ4n) is 2.47. The van der Waals surface area contributed by atoms with E-state index >= 15 is 0 Å². The van der Waals surface area contributed by atoms with Gasteiger partial charge in [0.15, 0.2) is 0 Å². The van der Waals surface area contributed by atoms with Gasteiger partial charge in [-0.1, -0.05) is 0 Å². The van der Waals surface area contributed by atoms with Crippen molar-refractivity contribution in [2.75, 3.05) is 44.2 Å². The zero-order chi connectivity index (χ0) is 15.8. The van der Waals surface area contributed by atoms with Crippen LogP contribution < -0.4 is 10.2 Å². The van der Waals surface area contributed by atoms with Gasteiger partial charge in [0.1, 0.15) is 0 Å². The lowest BCUT2D eigenvalue weighted by Crippen LogP contribution is -2.50. The fraction of sp³-hybridized carbons (Fsp3) is 0.714. The van der Waals surface area contributed by atoms with Crippen molar-refractivity contribution in [3.63, 3.8) is 0 Å². The summed E-state index contributed by atoms with van der Waals surface area (Å²) in [6.45, 7) is 3.24. The lowest BCUT2D eigenvalue weighted by molar-refractivity contribution is -0.247. The summed E-state index contributed by atoms with van der Waals surface area (Å²) in [5.74, 6) is 0.886. The standard InChI is InChI=1S/C9H13N3.C5H9F3N2/c1-2-7-12(8-3-1)9-10-5-4-6-11-9;6-5(7,8)10-3-1-9-2-4-10/h4-6H,1-3,7-8H2;9H,1-4H2. The van der Waals surface area contributed by atoms with Crippen LogP contribution in [0.4, 0.5) is 19.1 Å². The number of piperazine rings is 1. The van der Waals surface area contributed by atoms with Crippen molar-refractivity contribution in [1.29, 1.82) is 0 Å². The Labute approximate surface area is 128 Å². The molecule has 0 unspecified atom stereocenters. The first-order valence-corrected chi connectivity index (χ1v) is 7.62. The van der Waals surface area contributed by atoms with E-state index in [4.69, 9.17) is 0 Å². The van der Waals surface area contributed by atoms with Gasteiger partial charge in [-0.25, -0.2) is 14.9 Å². The van der Waals surface area contributed by atoms with Crippen LogP contribution in [0.1, 0.15) is 19.3 Å². The van der Waals surface area contributed by atoms with Gasteiger partial charge in [0, 0.05) is 51.7 Å². The predicted octanol–water partition coefficient (Wildman–Crippen LogP) is 1.88. The molecule has 1 aromatic rings. The van der Waals surface area contributed by atoms with Crippen molar-refractivity contribution >= 4 is 5.95 Å². The molecule has 124 valence electrons. The Balaban J connectivity index is 0.000000164. The van der Waals surface area contributed by atoms with Gasteiger partial charge in [0.2, 0.25) is 5.95 Å². The molecule has 2 aliphatic heterocycles. The summed E-state index contributed by atoms with van der Waals surface area (Å²) in [6, 6.07) is 1.85. The van der Waals surface area contributed by atoms with Crippen LogP contribution in [0.15, 0.2) is 18.5 Å². The highest BCUT2D eigenvalue weighted by Crippen LogP contribution is 2.20. The Bertz CT molecular complexity index is 414. The summed E-state index contributed by atoms with van der Waals surface area (Å²) < 4.78 is 35.5. The molecule has 3 heterocycles. The van der Waals surface area contributed by atoms with E-state index in [0.717, 1.165) is 19.0 Å². The van der Waals surface area contributed by atoms with Crippen LogP contribution in [-0.4, -0.2) is 60.4 Å². The molecule has 8 heteroatoms. The molecule has 0 aromatic carbocycles. The summed E-state index contributed by atoms with van der Waals surface area (Å²) in [5.41, 5.74) is 0. The predicted molar refractivity (Wildman–Crippen MR) is 78.6 cm³/mol. The first kappa shape index (κ1) is 17.0. The van der Waals surface area contributed by atoms with Crippen molar-refractivity contribution in [1.82, 2.24) is 20.2 Å². The first-order valence-electron chi connectivity index (χ1n) is 7.62. The monoisotopic (exact) mass is 317 g/mol. The van der Waals surface area contributed by atoms with Crippen molar-refractivity contribution in [3.05, 3.63) is 18.5 Å². The number of hydrogen-bond acceptors (Lipinski definition) is 5. The van der Waals surface area contributed by atoms with E-state index in [1.54, 1.807) is 12.4 Å². The topological polar surface area (TPSA) is 44.3 Å². The number of piperidine rings is 1. The molecular formula is C14H22F3N5. The summed E-state index contributed by atoms with van der Waals surface area (Å²) in [6.07, 6.45) is 3.37. The van der Waals surface area contributed by atoms with E-state index in [-0.39, 0.29) is 13.1 Å². The lowest BCUT2D eigenvalue weighted by Gasteiger charge is -2.28. The molecule has 2 saturated heterocycles. The van der Waals surface area contributed by atoms with Gasteiger partial charge in [-0.05, 0) is 25.3 Å². The number of nitrogens with one attached hydrogen (secondary N) is 1. The van der Waals surface area contributed by atoms with E-state index in [0.29, 0.717) is 18.0 Å². The van der Waals surface area contributed by atoms with Crippen molar-refractivity contribution in [2.45, 2.75) is 25.6 Å². The molecule has 3 rings (SSSR count). The zero-order valence-electron chi connectivity index (χ0n) is 12.5. The Morgan fingerprint density at radius 1 is 0.909 bits per heavy atom. The molecule has 0 saturated carbocycles. The fourth-order valence-corrected chi connectivity index (χ4v) is 2.47. The first-order chi connectivity index (χ1) is 10.6. The highest BCUT2D eigenvalue weighted by molar-refractivity contribution is 5.28. The van der Waals surface area contributed by atoms with E-state index in [9.17, 15) is 13.2 Å². The van der Waals surface area contributed by atoms with Crippen molar-refractivity contribution in [3.8, 4) is 0 Å². The number of halogens is 3. The second-order valence-corrected chi connectivity index (χ2v) is 5.30. The molecule has 0 aliphatic carbocycles. The van der Waals surface area contributed by atoms with Crippen LogP contribution >= 0.6 is 0 Å². The SMILES string of the molecule is FC(F)(F)N1CCNCC1.c1cnc(N2CCCCC2)nc1. The van der Waals surface area contributed by atoms with E-state index in [1.807, 2.05) is 6.07 Å². The summed E-state index contributed by atoms with van der Waals surface area (Å²) in [5, 5.41) is 2.85. The third-order valence-corrected chi connectivity index (χ3v) is 3.67. The third-order valence-electron chi connectivity index (χ3n) is 3.67. The van der Waals surface area contributed by atoms with Crippen molar-refractivity contribution in [2.24, 2.45) is 0 Å². The molecular weight excluding hydrogens is 295 g/mol. The highest BCUT2D eigenvalue weighted by Gasteiger charge is 2.37. The molecule has 5 nitrogen and oxygen atoms in total. The van der Waals surface area contributed by atoms with Crippen molar-refractivity contribution < 1.29 is 13.2 Å². The van der Waals surface area contributed by atoms with Crippen LogP contribution in [0.3, 0.4) is 0 Å². The van der Waals surface area contributed by atoms with E-state index < -0.39 is 6.30 Å².